The van der Waals surface area contributed by atoms with E-state index in [9.17, 15) is 24.3 Å². The molecule has 0 aliphatic rings. The number of carbonyl (C=O) groups is 4. The molecule has 0 saturated heterocycles. The van der Waals surface area contributed by atoms with E-state index in [1.54, 1.807) is 20.0 Å². The van der Waals surface area contributed by atoms with Crippen molar-refractivity contribution in [2.24, 2.45) is 11.7 Å². The molecular weight excluding hydrogens is 458 g/mol. The Morgan fingerprint density at radius 2 is 1.74 bits per heavy atom. The number of hydrogen-bond donors (Lipinski definition) is 6. The molecule has 34 heavy (non-hydrogen) atoms. The summed E-state index contributed by atoms with van der Waals surface area (Å²) in [6.07, 6.45) is 4.12. The molecule has 2 rings (SSSR count). The number of carboxylic acid groups (broad SMARTS) is 1. The Morgan fingerprint density at radius 1 is 1.06 bits per heavy atom. The first-order valence-electron chi connectivity index (χ1n) is 11.0. The van der Waals surface area contributed by atoms with Gasteiger partial charge in [0.15, 0.2) is 0 Å². The molecule has 0 saturated carbocycles. The van der Waals surface area contributed by atoms with E-state index in [0.717, 1.165) is 16.5 Å². The number of thioether (sulfide) groups is 1. The monoisotopic (exact) mass is 491 g/mol. The van der Waals surface area contributed by atoms with Crippen molar-refractivity contribution < 1.29 is 24.3 Å². The molecule has 1 aromatic carbocycles. The molecule has 3 amide bonds. The number of benzene rings is 1. The van der Waals surface area contributed by atoms with Crippen LogP contribution < -0.4 is 21.7 Å². The molecule has 10 nitrogen and oxygen atoms in total. The zero-order valence-corrected chi connectivity index (χ0v) is 20.4. The number of carboxylic acids is 1. The number of fused-ring (bicyclic) bond motifs is 1. The molecule has 1 aromatic heterocycles. The van der Waals surface area contributed by atoms with Crippen LogP contribution in [-0.4, -0.2) is 70.5 Å². The third kappa shape index (κ3) is 7.49. The summed E-state index contributed by atoms with van der Waals surface area (Å²) in [6, 6.07) is 4.50. The number of aromatic amines is 1. The van der Waals surface area contributed by atoms with E-state index in [-0.39, 0.29) is 18.9 Å². The van der Waals surface area contributed by atoms with Crippen LogP contribution in [0.3, 0.4) is 0 Å². The number of hydrogen-bond acceptors (Lipinski definition) is 6. The number of carbonyl (C=O) groups excluding carboxylic acids is 3. The van der Waals surface area contributed by atoms with Gasteiger partial charge in [-0.05, 0) is 36.0 Å². The summed E-state index contributed by atoms with van der Waals surface area (Å²) >= 11 is 1.52. The second-order valence-electron chi connectivity index (χ2n) is 8.30. The summed E-state index contributed by atoms with van der Waals surface area (Å²) in [4.78, 5) is 52.8. The molecule has 11 heteroatoms. The summed E-state index contributed by atoms with van der Waals surface area (Å²) in [5, 5.41) is 18.2. The lowest BCUT2D eigenvalue weighted by Crippen LogP contribution is -2.57. The van der Waals surface area contributed by atoms with Crippen molar-refractivity contribution in [1.82, 2.24) is 20.9 Å². The van der Waals surface area contributed by atoms with Gasteiger partial charge in [-0.1, -0.05) is 32.0 Å². The second kappa shape index (κ2) is 13.0. The fourth-order valence-electron chi connectivity index (χ4n) is 3.53. The number of nitrogens with two attached hydrogens (primary N) is 1. The van der Waals surface area contributed by atoms with E-state index in [0.29, 0.717) is 12.2 Å². The number of para-hydroxylation sites is 1. The van der Waals surface area contributed by atoms with E-state index < -0.39 is 41.8 Å². The van der Waals surface area contributed by atoms with Crippen LogP contribution in [0.25, 0.3) is 10.9 Å². The lowest BCUT2D eigenvalue weighted by atomic mass is 10.0. The van der Waals surface area contributed by atoms with Crippen LogP contribution >= 0.6 is 11.8 Å². The molecule has 1 heterocycles. The molecule has 2 aromatic rings. The molecule has 3 unspecified atom stereocenters. The minimum Gasteiger partial charge on any atom is -0.480 e. The van der Waals surface area contributed by atoms with Gasteiger partial charge in [-0.3, -0.25) is 14.4 Å². The maximum atomic E-state index is 13.2. The van der Waals surface area contributed by atoms with Gasteiger partial charge in [0.25, 0.3) is 0 Å². The van der Waals surface area contributed by atoms with Crippen molar-refractivity contribution in [3.8, 4) is 0 Å². The summed E-state index contributed by atoms with van der Waals surface area (Å²) in [5.41, 5.74) is 7.05. The number of aliphatic carboxylic acids is 1. The molecule has 186 valence electrons. The van der Waals surface area contributed by atoms with Crippen LogP contribution in [0.5, 0.6) is 0 Å². The predicted molar refractivity (Wildman–Crippen MR) is 132 cm³/mol. The van der Waals surface area contributed by atoms with Crippen molar-refractivity contribution in [3.63, 3.8) is 0 Å². The van der Waals surface area contributed by atoms with E-state index in [1.807, 2.05) is 30.5 Å². The molecule has 3 atom stereocenters. The fraction of sp³-hybridized carbons (Fsp3) is 0.478. The lowest BCUT2D eigenvalue weighted by Gasteiger charge is -2.25. The minimum atomic E-state index is -1.16. The Bertz CT molecular complexity index is 1010. The van der Waals surface area contributed by atoms with Gasteiger partial charge < -0.3 is 31.8 Å². The van der Waals surface area contributed by atoms with Crippen LogP contribution in [0, 0.1) is 5.92 Å². The summed E-state index contributed by atoms with van der Waals surface area (Å²) in [6.45, 7) is 3.11. The first-order valence-corrected chi connectivity index (χ1v) is 12.4. The Balaban J connectivity index is 2.30. The number of aromatic nitrogens is 1. The smallest absolute Gasteiger partial charge is 0.326 e. The third-order valence-electron chi connectivity index (χ3n) is 5.41. The van der Waals surface area contributed by atoms with Crippen LogP contribution in [0.2, 0.25) is 0 Å². The highest BCUT2D eigenvalue weighted by Crippen LogP contribution is 2.19. The average Bonchev–Trinajstić information content (AvgIpc) is 3.21. The molecule has 7 N–H and O–H groups in total. The van der Waals surface area contributed by atoms with Gasteiger partial charge in [-0.15, -0.1) is 0 Å². The van der Waals surface area contributed by atoms with E-state index in [4.69, 9.17) is 5.73 Å². The Kier molecular flexibility index (Phi) is 10.4. The highest BCUT2D eigenvalue weighted by Gasteiger charge is 2.31. The van der Waals surface area contributed by atoms with Crippen molar-refractivity contribution in [2.75, 3.05) is 18.6 Å². The predicted octanol–water partition coefficient (Wildman–Crippen LogP) is 0.617. The van der Waals surface area contributed by atoms with E-state index >= 15 is 0 Å². The van der Waals surface area contributed by atoms with Gasteiger partial charge in [0, 0.05) is 23.5 Å². The second-order valence-corrected chi connectivity index (χ2v) is 9.28. The lowest BCUT2D eigenvalue weighted by molar-refractivity contribution is -0.143. The van der Waals surface area contributed by atoms with Crippen LogP contribution in [0.1, 0.15) is 25.8 Å². The maximum Gasteiger partial charge on any atom is 0.326 e. The van der Waals surface area contributed by atoms with Gasteiger partial charge in [0.2, 0.25) is 17.7 Å². The molecule has 0 bridgehead atoms. The normalized spacial score (nSPS) is 13.8. The average molecular weight is 492 g/mol. The van der Waals surface area contributed by atoms with Crippen LogP contribution in [0.15, 0.2) is 30.5 Å². The van der Waals surface area contributed by atoms with E-state index in [2.05, 4.69) is 20.9 Å². The molecular formula is C23H33N5O5S. The summed E-state index contributed by atoms with van der Waals surface area (Å²) < 4.78 is 0. The Hall–Kier alpha value is -3.05. The third-order valence-corrected chi connectivity index (χ3v) is 6.05. The Morgan fingerprint density at radius 3 is 2.35 bits per heavy atom. The van der Waals surface area contributed by atoms with Crippen molar-refractivity contribution in [2.45, 2.75) is 44.8 Å². The van der Waals surface area contributed by atoms with Gasteiger partial charge >= 0.3 is 5.97 Å². The standard InChI is InChI=1S/C23H33N5O5S/c1-13(2)20(23(32)33)28-22(31)18(10-14-12-25-16-7-5-4-6-15(14)16)27-21(30)17(8-9-34-3)26-19(29)11-24/h4-7,12-13,17-18,20,25H,8-11,24H2,1-3H3,(H,26,29)(H,27,30)(H,28,31)(H,32,33). The maximum absolute atomic E-state index is 13.2. The number of H-pyrrole nitrogens is 1. The highest BCUT2D eigenvalue weighted by molar-refractivity contribution is 7.98. The topological polar surface area (TPSA) is 166 Å². The van der Waals surface area contributed by atoms with Crippen LogP contribution in [0.4, 0.5) is 0 Å². The first kappa shape index (κ1) is 27.2. The zero-order chi connectivity index (χ0) is 25.3. The molecule has 0 spiro atoms. The van der Waals surface area contributed by atoms with Crippen molar-refractivity contribution in [3.05, 3.63) is 36.0 Å². The zero-order valence-electron chi connectivity index (χ0n) is 19.6. The first-order chi connectivity index (χ1) is 16.2. The van der Waals surface area contributed by atoms with Gasteiger partial charge in [-0.25, -0.2) is 4.79 Å². The Labute approximate surface area is 202 Å². The molecule has 0 aliphatic carbocycles. The van der Waals surface area contributed by atoms with Crippen LogP contribution in [-0.2, 0) is 25.6 Å². The summed E-state index contributed by atoms with van der Waals surface area (Å²) in [5.74, 6) is -2.54. The van der Waals surface area contributed by atoms with Gasteiger partial charge in [0.1, 0.15) is 18.1 Å². The SMILES string of the molecule is CSCCC(NC(=O)CN)C(=O)NC(Cc1c[nH]c2ccccc12)C(=O)NC(C(=O)O)C(C)C. The number of amides is 3. The molecule has 0 fully saturated rings. The number of nitrogens with one attached hydrogen (secondary N) is 4. The molecule has 0 radical (unpaired) electrons. The fourth-order valence-corrected chi connectivity index (χ4v) is 4.00. The van der Waals surface area contributed by atoms with Crippen molar-refractivity contribution >= 4 is 46.4 Å². The van der Waals surface area contributed by atoms with Gasteiger partial charge in [-0.2, -0.15) is 11.8 Å². The van der Waals surface area contributed by atoms with Gasteiger partial charge in [0.05, 0.1) is 6.54 Å². The summed E-state index contributed by atoms with van der Waals surface area (Å²) in [7, 11) is 0. The highest BCUT2D eigenvalue weighted by atomic mass is 32.2. The quantitative estimate of drug-likeness (QED) is 0.239. The minimum absolute atomic E-state index is 0.131. The number of rotatable bonds is 13. The van der Waals surface area contributed by atoms with Crippen molar-refractivity contribution in [1.29, 1.82) is 0 Å². The largest absolute Gasteiger partial charge is 0.480 e. The van der Waals surface area contributed by atoms with E-state index in [1.165, 1.54) is 11.8 Å². The molecule has 0 aliphatic heterocycles.